The Bertz CT molecular complexity index is 49.3. The van der Waals surface area contributed by atoms with E-state index in [1.54, 1.807) is 0 Å². The maximum atomic E-state index is 8.89. The number of carboxylic acid groups (broad SMARTS) is 1. The van der Waals surface area contributed by atoms with Crippen molar-refractivity contribution in [2.75, 3.05) is 0 Å². The number of carboxylic acids is 1. The summed E-state index contributed by atoms with van der Waals surface area (Å²) in [6.07, 6.45) is 0. The minimum Gasteiger partial charge on any atom is 1.00 e. The number of carbonyl (C=O) groups excluding carboxylic acids is 1. The van der Waals surface area contributed by atoms with Crippen molar-refractivity contribution in [2.45, 2.75) is 6.92 Å². The van der Waals surface area contributed by atoms with Crippen molar-refractivity contribution in [1.29, 1.82) is 0 Å². The van der Waals surface area contributed by atoms with Gasteiger partial charge in [-0.2, -0.15) is 0 Å². The standard InChI is InChI=1S/C2H4O2.2ClH.Na.Ni/c1-2(3)4;;;;/h1H3,(H,3,4);2*1H;;/q;;;+1;+2/p-3. The molecule has 0 heterocycles. The second kappa shape index (κ2) is 15.8. The summed E-state index contributed by atoms with van der Waals surface area (Å²) in [5.41, 5.74) is 0. The van der Waals surface area contributed by atoms with Crippen molar-refractivity contribution < 1.29 is 52.1 Å². The normalized spacial score (nSPS) is 5.88. The zero-order valence-corrected chi connectivity index (χ0v) is 8.89. The van der Waals surface area contributed by atoms with E-state index in [2.05, 4.69) is 0 Å². The molecular weight excluding hydrogens is 209 g/mol. The fourth-order valence-electron chi connectivity index (χ4n) is 0. The van der Waals surface area contributed by atoms with E-state index < -0.39 is 5.97 Å². The summed E-state index contributed by atoms with van der Waals surface area (Å²) >= 11 is 0.569. The minimum atomic E-state index is -1.08. The largest absolute Gasteiger partial charge is 1.00 e. The van der Waals surface area contributed by atoms with Crippen molar-refractivity contribution in [3.63, 3.8) is 0 Å². The zero-order valence-electron chi connectivity index (χ0n) is 4.39. The smallest absolute Gasteiger partial charge is 1.00 e. The number of hydrogen-bond donors (Lipinski definition) is 0. The molecule has 0 spiro atoms. The van der Waals surface area contributed by atoms with Crippen LogP contribution in [-0.2, 0) is 17.4 Å². The predicted molar refractivity (Wildman–Crippen MR) is 22.4 cm³/mol. The first-order valence-electron chi connectivity index (χ1n) is 1.15. The van der Waals surface area contributed by atoms with Crippen LogP contribution in [0, 0.1) is 0 Å². The van der Waals surface area contributed by atoms with E-state index in [1.807, 2.05) is 0 Å². The molecule has 0 saturated carbocycles. The van der Waals surface area contributed by atoms with Crippen LogP contribution in [0.3, 0.4) is 0 Å². The van der Waals surface area contributed by atoms with Gasteiger partial charge in [-0.15, -0.1) is 0 Å². The molecule has 0 aliphatic heterocycles. The first-order valence-corrected chi connectivity index (χ1v) is 3.87. The average Bonchev–Trinajstić information content (AvgIpc) is 1.33. The Morgan fingerprint density at radius 1 is 1.62 bits per heavy atom. The molecule has 0 radical (unpaired) electrons. The number of halogens is 2. The van der Waals surface area contributed by atoms with Gasteiger partial charge in [-0.3, -0.25) is 0 Å². The van der Waals surface area contributed by atoms with Crippen molar-refractivity contribution in [2.24, 2.45) is 0 Å². The van der Waals surface area contributed by atoms with Crippen molar-refractivity contribution in [3.8, 4) is 0 Å². The van der Waals surface area contributed by atoms with Gasteiger partial charge in [0.05, 0.1) is 0 Å². The van der Waals surface area contributed by atoms with Crippen molar-refractivity contribution in [3.05, 3.63) is 0 Å². The molecule has 0 rings (SSSR count). The van der Waals surface area contributed by atoms with Crippen LogP contribution in [0.2, 0.25) is 0 Å². The van der Waals surface area contributed by atoms with Gasteiger partial charge >= 0.3 is 62.6 Å². The van der Waals surface area contributed by atoms with Crippen LogP contribution in [0.4, 0.5) is 0 Å². The van der Waals surface area contributed by atoms with Crippen molar-refractivity contribution in [1.82, 2.24) is 0 Å². The molecule has 6 heteroatoms. The van der Waals surface area contributed by atoms with Gasteiger partial charge < -0.3 is 9.90 Å². The Hall–Kier alpha value is 1.54. The molecule has 0 aliphatic carbocycles. The molecular formula is C2H3Cl2NaNiO2. The van der Waals surface area contributed by atoms with E-state index in [0.29, 0.717) is 12.7 Å². The Balaban J connectivity index is -0.0000000575. The van der Waals surface area contributed by atoms with Crippen LogP contribution in [0.25, 0.3) is 0 Å². The second-order valence-corrected chi connectivity index (χ2v) is 2.17. The molecule has 0 aromatic rings. The number of carbonyl (C=O) groups is 1. The summed E-state index contributed by atoms with van der Waals surface area (Å²) in [6.45, 7) is 0.972. The fraction of sp³-hybridized carbons (Fsp3) is 0.500. The van der Waals surface area contributed by atoms with E-state index in [9.17, 15) is 0 Å². The van der Waals surface area contributed by atoms with Gasteiger partial charge in [-0.05, 0) is 6.92 Å². The van der Waals surface area contributed by atoms with E-state index in [4.69, 9.17) is 30.3 Å². The van der Waals surface area contributed by atoms with Gasteiger partial charge in [0, 0.05) is 5.97 Å². The quantitative estimate of drug-likeness (QED) is 0.405. The van der Waals surface area contributed by atoms with Crippen molar-refractivity contribution >= 4 is 26.4 Å². The monoisotopic (exact) mass is 210 g/mol. The molecule has 2 nitrogen and oxygen atoms in total. The molecule has 0 atom stereocenters. The van der Waals surface area contributed by atoms with E-state index in [0.717, 1.165) is 6.92 Å². The Morgan fingerprint density at radius 3 is 1.62 bits per heavy atom. The molecule has 0 fully saturated rings. The maximum Gasteiger partial charge on any atom is 1.00 e. The summed E-state index contributed by atoms with van der Waals surface area (Å²) in [5.74, 6) is -1.08. The van der Waals surface area contributed by atoms with Gasteiger partial charge in [0.2, 0.25) is 0 Å². The van der Waals surface area contributed by atoms with Gasteiger partial charge in [0.15, 0.2) is 0 Å². The van der Waals surface area contributed by atoms with Crippen LogP contribution >= 0.6 is 20.4 Å². The van der Waals surface area contributed by atoms with Crippen LogP contribution in [-0.4, -0.2) is 5.97 Å². The molecule has 0 unspecified atom stereocenters. The number of hydrogen-bond acceptors (Lipinski definition) is 2. The summed E-state index contributed by atoms with van der Waals surface area (Å²) in [5, 5.41) is 8.89. The van der Waals surface area contributed by atoms with E-state index >= 15 is 0 Å². The maximum absolute atomic E-state index is 8.89. The van der Waals surface area contributed by atoms with Crippen LogP contribution in [0.5, 0.6) is 0 Å². The molecule has 8 heavy (non-hydrogen) atoms. The Morgan fingerprint density at radius 2 is 1.62 bits per heavy atom. The Kier molecular flexibility index (Phi) is 32.2. The molecule has 0 aromatic carbocycles. The fourth-order valence-corrected chi connectivity index (χ4v) is 0. The van der Waals surface area contributed by atoms with Crippen LogP contribution < -0.4 is 34.7 Å². The molecule has 0 aromatic heterocycles. The van der Waals surface area contributed by atoms with Crippen LogP contribution in [0.15, 0.2) is 0 Å². The average molecular weight is 212 g/mol. The van der Waals surface area contributed by atoms with Gasteiger partial charge in [0.25, 0.3) is 0 Å². The first kappa shape index (κ1) is 16.3. The molecule has 0 aliphatic rings. The van der Waals surface area contributed by atoms with Gasteiger partial charge in [0.1, 0.15) is 0 Å². The summed E-state index contributed by atoms with van der Waals surface area (Å²) < 4.78 is 0. The molecule has 0 N–H and O–H groups in total. The van der Waals surface area contributed by atoms with E-state index in [1.165, 1.54) is 0 Å². The summed E-state index contributed by atoms with van der Waals surface area (Å²) in [7, 11) is 9.40. The second-order valence-electron chi connectivity index (χ2n) is 0.537. The topological polar surface area (TPSA) is 40.1 Å². The molecule has 0 bridgehead atoms. The van der Waals surface area contributed by atoms with Gasteiger partial charge in [-0.1, -0.05) is 0 Å². The predicted octanol–water partition coefficient (Wildman–Crippen LogP) is -2.86. The zero-order chi connectivity index (χ0) is 6.28. The third-order valence-electron chi connectivity index (χ3n) is 0. The third kappa shape index (κ3) is 136. The van der Waals surface area contributed by atoms with E-state index in [-0.39, 0.29) is 29.6 Å². The SMILES string of the molecule is CC(=O)[O-].[Cl][Ni][Cl].[Na+]. The third-order valence-corrected chi connectivity index (χ3v) is 0. The summed E-state index contributed by atoms with van der Waals surface area (Å²) in [4.78, 5) is 8.89. The molecule has 0 saturated heterocycles. The van der Waals surface area contributed by atoms with Gasteiger partial charge in [-0.25, -0.2) is 0 Å². The molecule has 48 valence electrons. The number of aliphatic carboxylic acids is 1. The number of rotatable bonds is 0. The first-order chi connectivity index (χ1) is 3.15. The molecule has 0 amide bonds. The Labute approximate surface area is 84.6 Å². The minimum absolute atomic E-state index is 0. The van der Waals surface area contributed by atoms with Crippen LogP contribution in [0.1, 0.15) is 6.92 Å². The summed E-state index contributed by atoms with van der Waals surface area (Å²) in [6, 6.07) is 0.